The van der Waals surface area contributed by atoms with Gasteiger partial charge in [0.05, 0.1) is 18.5 Å². The molecule has 1 amide bonds. The third-order valence-corrected chi connectivity index (χ3v) is 6.92. The molecular weight excluding hydrogens is 414 g/mol. The first kappa shape index (κ1) is 21.6. The molecule has 31 heavy (non-hydrogen) atoms. The van der Waals surface area contributed by atoms with Crippen molar-refractivity contribution in [1.82, 2.24) is 10.2 Å². The van der Waals surface area contributed by atoms with Gasteiger partial charge in [-0.05, 0) is 61.7 Å². The van der Waals surface area contributed by atoms with Gasteiger partial charge in [0, 0.05) is 13.1 Å². The average Bonchev–Trinajstić information content (AvgIpc) is 3.24. The number of benzene rings is 2. The molecule has 2 aromatic rings. The molecule has 0 unspecified atom stereocenters. The second-order valence-electron chi connectivity index (χ2n) is 8.39. The number of ether oxygens (including phenoxy) is 1. The zero-order valence-corrected chi connectivity index (χ0v) is 18.8. The van der Waals surface area contributed by atoms with Gasteiger partial charge in [-0.3, -0.25) is 14.0 Å². The van der Waals surface area contributed by atoms with E-state index in [0.29, 0.717) is 18.0 Å². The summed E-state index contributed by atoms with van der Waals surface area (Å²) in [6.45, 7) is 5.48. The van der Waals surface area contributed by atoms with Gasteiger partial charge in [0.2, 0.25) is 10.0 Å². The number of nitrogens with one attached hydrogen (secondary N) is 1. The van der Waals surface area contributed by atoms with Crippen molar-refractivity contribution in [2.75, 3.05) is 30.2 Å². The standard InChI is InChI=1S/C23H29N3O4S/c1-17-5-10-21-20(13-17)26(31(2,28)29)16-22(30-21)23(27)24-14-18-6-8-19(9-7-18)15-25-11-3-4-12-25/h5-10,13,22H,3-4,11-12,14-16H2,1-2H3,(H,24,27)/t22-/m1/s1. The zero-order valence-electron chi connectivity index (χ0n) is 18.0. The fourth-order valence-electron chi connectivity index (χ4n) is 4.08. The largest absolute Gasteiger partial charge is 0.476 e. The lowest BCUT2D eigenvalue weighted by atomic mass is 10.1. The van der Waals surface area contributed by atoms with Crippen LogP contribution in [0, 0.1) is 6.92 Å². The summed E-state index contributed by atoms with van der Waals surface area (Å²) in [5.74, 6) is 0.0645. The van der Waals surface area contributed by atoms with E-state index in [2.05, 4.69) is 22.3 Å². The van der Waals surface area contributed by atoms with Gasteiger partial charge in [-0.15, -0.1) is 0 Å². The Morgan fingerprint density at radius 3 is 2.45 bits per heavy atom. The molecule has 7 nitrogen and oxygen atoms in total. The number of sulfonamides is 1. The van der Waals surface area contributed by atoms with Crippen LogP contribution in [0.1, 0.15) is 29.5 Å². The van der Waals surface area contributed by atoms with Crippen LogP contribution in [-0.4, -0.2) is 51.2 Å². The summed E-state index contributed by atoms with van der Waals surface area (Å²) in [5.41, 5.74) is 3.65. The molecule has 166 valence electrons. The molecule has 0 radical (unpaired) electrons. The Balaban J connectivity index is 1.39. The van der Waals surface area contributed by atoms with Crippen molar-refractivity contribution in [2.24, 2.45) is 0 Å². The van der Waals surface area contributed by atoms with Gasteiger partial charge in [-0.25, -0.2) is 8.42 Å². The van der Waals surface area contributed by atoms with E-state index < -0.39 is 16.1 Å². The van der Waals surface area contributed by atoms with E-state index in [1.54, 1.807) is 12.1 Å². The summed E-state index contributed by atoms with van der Waals surface area (Å²) in [6, 6.07) is 13.5. The number of hydrogen-bond acceptors (Lipinski definition) is 5. The van der Waals surface area contributed by atoms with Crippen LogP contribution >= 0.6 is 0 Å². The van der Waals surface area contributed by atoms with Crippen molar-refractivity contribution in [3.63, 3.8) is 0 Å². The SMILES string of the molecule is Cc1ccc2c(c1)N(S(C)(=O)=O)C[C@H](C(=O)NCc1ccc(CN3CCCC3)cc1)O2. The summed E-state index contributed by atoms with van der Waals surface area (Å²) >= 11 is 0. The molecule has 1 atom stereocenters. The van der Waals surface area contributed by atoms with Crippen LogP contribution in [-0.2, 0) is 27.9 Å². The molecule has 2 aliphatic rings. The first-order valence-electron chi connectivity index (χ1n) is 10.6. The normalized spacial score (nSPS) is 19.0. The van der Waals surface area contributed by atoms with Crippen molar-refractivity contribution >= 4 is 21.6 Å². The first-order chi connectivity index (χ1) is 14.8. The number of anilines is 1. The minimum Gasteiger partial charge on any atom is -0.476 e. The molecule has 2 aromatic carbocycles. The molecule has 0 aliphatic carbocycles. The second-order valence-corrected chi connectivity index (χ2v) is 10.3. The van der Waals surface area contributed by atoms with Crippen LogP contribution in [0.4, 0.5) is 5.69 Å². The number of likely N-dealkylation sites (tertiary alicyclic amines) is 1. The fraction of sp³-hybridized carbons (Fsp3) is 0.435. The lowest BCUT2D eigenvalue weighted by molar-refractivity contribution is -0.127. The Bertz CT molecular complexity index is 1050. The lowest BCUT2D eigenvalue weighted by Gasteiger charge is -2.34. The highest BCUT2D eigenvalue weighted by atomic mass is 32.2. The number of rotatable bonds is 6. The maximum Gasteiger partial charge on any atom is 0.263 e. The van der Waals surface area contributed by atoms with Crippen LogP contribution < -0.4 is 14.4 Å². The van der Waals surface area contributed by atoms with E-state index in [1.165, 1.54) is 22.7 Å². The maximum absolute atomic E-state index is 12.8. The maximum atomic E-state index is 12.8. The minimum atomic E-state index is -3.54. The summed E-state index contributed by atoms with van der Waals surface area (Å²) in [5, 5.41) is 2.88. The summed E-state index contributed by atoms with van der Waals surface area (Å²) < 4.78 is 31.7. The molecule has 0 saturated carbocycles. The monoisotopic (exact) mass is 443 g/mol. The highest BCUT2D eigenvalue weighted by Crippen LogP contribution is 2.35. The van der Waals surface area contributed by atoms with Crippen LogP contribution in [0.5, 0.6) is 5.75 Å². The molecule has 1 fully saturated rings. The number of carbonyl (C=O) groups excluding carboxylic acids is 1. The smallest absolute Gasteiger partial charge is 0.263 e. The van der Waals surface area contributed by atoms with Crippen LogP contribution in [0.2, 0.25) is 0 Å². The van der Waals surface area contributed by atoms with E-state index in [9.17, 15) is 13.2 Å². The Morgan fingerprint density at radius 1 is 1.10 bits per heavy atom. The zero-order chi connectivity index (χ0) is 22.0. The molecule has 1 saturated heterocycles. The van der Waals surface area contributed by atoms with E-state index in [0.717, 1.165) is 37.0 Å². The van der Waals surface area contributed by atoms with E-state index in [4.69, 9.17) is 4.74 Å². The number of aryl methyl sites for hydroxylation is 1. The minimum absolute atomic E-state index is 0.0457. The lowest BCUT2D eigenvalue weighted by Crippen LogP contribution is -2.50. The predicted octanol–water partition coefficient (Wildman–Crippen LogP) is 2.43. The van der Waals surface area contributed by atoms with Crippen molar-refractivity contribution < 1.29 is 17.9 Å². The van der Waals surface area contributed by atoms with Gasteiger partial charge in [0.25, 0.3) is 5.91 Å². The molecule has 8 heteroatoms. The van der Waals surface area contributed by atoms with Crippen molar-refractivity contribution in [3.8, 4) is 5.75 Å². The number of fused-ring (bicyclic) bond motifs is 1. The molecule has 0 aromatic heterocycles. The van der Waals surface area contributed by atoms with Crippen molar-refractivity contribution in [3.05, 3.63) is 59.2 Å². The van der Waals surface area contributed by atoms with Gasteiger partial charge >= 0.3 is 0 Å². The van der Waals surface area contributed by atoms with Gasteiger partial charge in [-0.1, -0.05) is 30.3 Å². The van der Waals surface area contributed by atoms with Gasteiger partial charge < -0.3 is 10.1 Å². The van der Waals surface area contributed by atoms with Gasteiger partial charge in [-0.2, -0.15) is 0 Å². The molecular formula is C23H29N3O4S. The summed E-state index contributed by atoms with van der Waals surface area (Å²) in [7, 11) is -3.54. The average molecular weight is 444 g/mol. The molecule has 1 N–H and O–H groups in total. The van der Waals surface area contributed by atoms with Crippen LogP contribution in [0.25, 0.3) is 0 Å². The summed E-state index contributed by atoms with van der Waals surface area (Å²) in [4.78, 5) is 15.2. The number of nitrogens with zero attached hydrogens (tertiary/aromatic N) is 2. The Morgan fingerprint density at radius 2 is 1.77 bits per heavy atom. The first-order valence-corrected chi connectivity index (χ1v) is 12.5. The van der Waals surface area contributed by atoms with Crippen molar-refractivity contribution in [1.29, 1.82) is 0 Å². The topological polar surface area (TPSA) is 79.0 Å². The van der Waals surface area contributed by atoms with Gasteiger partial charge in [0.1, 0.15) is 5.75 Å². The highest BCUT2D eigenvalue weighted by Gasteiger charge is 2.35. The van der Waals surface area contributed by atoms with Crippen LogP contribution in [0.3, 0.4) is 0 Å². The second kappa shape index (κ2) is 8.88. The van der Waals surface area contributed by atoms with Crippen LogP contribution in [0.15, 0.2) is 42.5 Å². The van der Waals surface area contributed by atoms with E-state index >= 15 is 0 Å². The molecule has 2 aliphatic heterocycles. The molecule has 2 heterocycles. The summed E-state index contributed by atoms with van der Waals surface area (Å²) in [6.07, 6.45) is 2.78. The number of hydrogen-bond donors (Lipinski definition) is 1. The Hall–Kier alpha value is -2.58. The quantitative estimate of drug-likeness (QED) is 0.742. The fourth-order valence-corrected chi connectivity index (χ4v) is 4.98. The van der Waals surface area contributed by atoms with Crippen molar-refractivity contribution in [2.45, 2.75) is 39.0 Å². The Kier molecular flexibility index (Phi) is 6.20. The highest BCUT2D eigenvalue weighted by molar-refractivity contribution is 7.92. The molecule has 0 bridgehead atoms. The number of carbonyl (C=O) groups is 1. The molecule has 4 rings (SSSR count). The molecule has 0 spiro atoms. The van der Waals surface area contributed by atoms with E-state index in [-0.39, 0.29) is 12.5 Å². The third kappa shape index (κ3) is 5.19. The third-order valence-electron chi connectivity index (χ3n) is 5.77. The van der Waals surface area contributed by atoms with E-state index in [1.807, 2.05) is 25.1 Å². The predicted molar refractivity (Wildman–Crippen MR) is 121 cm³/mol. The van der Waals surface area contributed by atoms with Gasteiger partial charge in [0.15, 0.2) is 6.10 Å². The Labute approximate surface area is 184 Å². The number of amides is 1.